The summed E-state index contributed by atoms with van der Waals surface area (Å²) in [6.07, 6.45) is 2.26. The fourth-order valence-electron chi connectivity index (χ4n) is 2.98. The van der Waals surface area contributed by atoms with Gasteiger partial charge < -0.3 is 15.0 Å². The smallest absolute Gasteiger partial charge is 0.410 e. The summed E-state index contributed by atoms with van der Waals surface area (Å²) in [6, 6.07) is 9.80. The molecule has 1 saturated heterocycles. The number of ether oxygens (including phenoxy) is 1. The van der Waals surface area contributed by atoms with Crippen LogP contribution in [0.1, 0.15) is 32.8 Å². The summed E-state index contributed by atoms with van der Waals surface area (Å²) >= 11 is 0. The quantitative estimate of drug-likeness (QED) is 0.906. The number of amides is 1. The minimum absolute atomic E-state index is 0.142. The second-order valence-corrected chi connectivity index (χ2v) is 7.23. The maximum atomic E-state index is 12.2. The Hall–Kier alpha value is -2.81. The fourth-order valence-corrected chi connectivity index (χ4v) is 2.98. The third-order valence-electron chi connectivity index (χ3n) is 4.09. The van der Waals surface area contributed by atoms with E-state index in [1.165, 1.54) is 0 Å². The van der Waals surface area contributed by atoms with Crippen LogP contribution in [0.5, 0.6) is 0 Å². The van der Waals surface area contributed by atoms with E-state index >= 15 is 0 Å². The number of anilines is 1. The minimum Gasteiger partial charge on any atom is -0.444 e. The average Bonchev–Trinajstić information content (AvgIpc) is 3.02. The molecule has 6 heteroatoms. The first-order valence-electron chi connectivity index (χ1n) is 8.40. The van der Waals surface area contributed by atoms with Crippen molar-refractivity contribution in [1.29, 1.82) is 5.26 Å². The van der Waals surface area contributed by atoms with Gasteiger partial charge in [-0.1, -0.05) is 0 Å². The van der Waals surface area contributed by atoms with Gasteiger partial charge in [-0.3, -0.25) is 4.98 Å². The van der Waals surface area contributed by atoms with Crippen LogP contribution in [0.3, 0.4) is 0 Å². The van der Waals surface area contributed by atoms with Gasteiger partial charge in [0.15, 0.2) is 0 Å². The van der Waals surface area contributed by atoms with Crippen LogP contribution in [0.2, 0.25) is 0 Å². The number of carbonyl (C=O) groups excluding carboxylic acids is 1. The molecule has 0 aliphatic carbocycles. The number of hydrogen-bond acceptors (Lipinski definition) is 5. The number of fused-ring (bicyclic) bond motifs is 1. The predicted octanol–water partition coefficient (Wildman–Crippen LogP) is 3.53. The maximum absolute atomic E-state index is 12.2. The van der Waals surface area contributed by atoms with Crippen LogP contribution in [0.25, 0.3) is 10.9 Å². The summed E-state index contributed by atoms with van der Waals surface area (Å²) in [5, 5.41) is 13.6. The van der Waals surface area contributed by atoms with Crippen LogP contribution in [-0.2, 0) is 4.74 Å². The number of pyridine rings is 1. The van der Waals surface area contributed by atoms with Gasteiger partial charge in [0.25, 0.3) is 0 Å². The lowest BCUT2D eigenvalue weighted by Gasteiger charge is -2.24. The number of aromatic nitrogens is 1. The van der Waals surface area contributed by atoms with Crippen LogP contribution in [0, 0.1) is 11.3 Å². The standard InChI is InChI=1S/C19H22N4O2/c1-19(2,3)25-18(24)23-10-8-14(12-23)22-16-7-6-13(11-20)17-15(16)5-4-9-21-17/h4-7,9,14,22H,8,10,12H2,1-3H3. The highest BCUT2D eigenvalue weighted by Gasteiger charge is 2.30. The van der Waals surface area contributed by atoms with Crippen LogP contribution in [0.4, 0.5) is 10.5 Å². The molecule has 25 heavy (non-hydrogen) atoms. The summed E-state index contributed by atoms with van der Waals surface area (Å²) in [6.45, 7) is 6.86. The predicted molar refractivity (Wildman–Crippen MR) is 96.3 cm³/mol. The molecular weight excluding hydrogens is 316 g/mol. The van der Waals surface area contributed by atoms with Gasteiger partial charge in [-0.05, 0) is 51.5 Å². The van der Waals surface area contributed by atoms with E-state index in [1.54, 1.807) is 17.2 Å². The number of likely N-dealkylation sites (tertiary alicyclic amines) is 1. The molecule has 1 atom stereocenters. The summed E-state index contributed by atoms with van der Waals surface area (Å²) in [5.41, 5.74) is 1.69. The van der Waals surface area contributed by atoms with Crippen molar-refractivity contribution >= 4 is 22.7 Å². The van der Waals surface area contributed by atoms with Crippen LogP contribution in [0.15, 0.2) is 30.5 Å². The van der Waals surface area contributed by atoms with E-state index in [-0.39, 0.29) is 12.1 Å². The fraction of sp³-hybridized carbons (Fsp3) is 0.421. The lowest BCUT2D eigenvalue weighted by molar-refractivity contribution is 0.0293. The van der Waals surface area contributed by atoms with Crippen molar-refractivity contribution in [3.63, 3.8) is 0 Å². The third-order valence-corrected chi connectivity index (χ3v) is 4.09. The zero-order chi connectivity index (χ0) is 18.0. The highest BCUT2D eigenvalue weighted by molar-refractivity contribution is 5.94. The maximum Gasteiger partial charge on any atom is 0.410 e. The molecule has 130 valence electrons. The van der Waals surface area contributed by atoms with Crippen molar-refractivity contribution < 1.29 is 9.53 Å². The summed E-state index contributed by atoms with van der Waals surface area (Å²) < 4.78 is 5.43. The molecule has 6 nitrogen and oxygen atoms in total. The zero-order valence-electron chi connectivity index (χ0n) is 14.7. The monoisotopic (exact) mass is 338 g/mol. The molecule has 0 radical (unpaired) electrons. The SMILES string of the molecule is CC(C)(C)OC(=O)N1CCC(Nc2ccc(C#N)c3ncccc23)C1. The Balaban J connectivity index is 1.73. The summed E-state index contributed by atoms with van der Waals surface area (Å²) in [5.74, 6) is 0. The molecule has 1 fully saturated rings. The average molecular weight is 338 g/mol. The molecule has 1 aromatic heterocycles. The first-order chi connectivity index (χ1) is 11.9. The van der Waals surface area contributed by atoms with Gasteiger partial charge in [0, 0.05) is 36.4 Å². The zero-order valence-corrected chi connectivity index (χ0v) is 14.7. The van der Waals surface area contributed by atoms with Crippen molar-refractivity contribution in [2.24, 2.45) is 0 Å². The molecular formula is C19H22N4O2. The van der Waals surface area contributed by atoms with Gasteiger partial charge in [0.05, 0.1) is 11.1 Å². The highest BCUT2D eigenvalue weighted by Crippen LogP contribution is 2.27. The lowest BCUT2D eigenvalue weighted by Crippen LogP contribution is -2.36. The first-order valence-corrected chi connectivity index (χ1v) is 8.40. The van der Waals surface area contributed by atoms with E-state index < -0.39 is 5.60 Å². The normalized spacial score (nSPS) is 17.4. The van der Waals surface area contributed by atoms with E-state index in [0.717, 1.165) is 17.5 Å². The van der Waals surface area contributed by atoms with Crippen molar-refractivity contribution in [1.82, 2.24) is 9.88 Å². The summed E-state index contributed by atoms with van der Waals surface area (Å²) in [7, 11) is 0. The summed E-state index contributed by atoms with van der Waals surface area (Å²) in [4.78, 5) is 18.2. The van der Waals surface area contributed by atoms with Gasteiger partial charge >= 0.3 is 6.09 Å². The van der Waals surface area contributed by atoms with E-state index in [2.05, 4.69) is 16.4 Å². The molecule has 1 aliphatic heterocycles. The molecule has 2 heterocycles. The van der Waals surface area contributed by atoms with E-state index in [9.17, 15) is 10.1 Å². The van der Waals surface area contributed by atoms with E-state index in [1.807, 2.05) is 39.0 Å². The van der Waals surface area contributed by atoms with Crippen molar-refractivity contribution in [2.45, 2.75) is 38.8 Å². The van der Waals surface area contributed by atoms with Gasteiger partial charge in [-0.15, -0.1) is 0 Å². The number of benzene rings is 1. The lowest BCUT2D eigenvalue weighted by atomic mass is 10.1. The Morgan fingerprint density at radius 3 is 2.92 bits per heavy atom. The van der Waals surface area contributed by atoms with Crippen LogP contribution in [-0.4, -0.2) is 40.7 Å². The molecule has 0 bridgehead atoms. The third kappa shape index (κ3) is 3.82. The number of rotatable bonds is 2. The highest BCUT2D eigenvalue weighted by atomic mass is 16.6. The Labute approximate surface area is 147 Å². The van der Waals surface area contributed by atoms with Crippen LogP contribution < -0.4 is 5.32 Å². The molecule has 0 spiro atoms. The molecule has 1 amide bonds. The number of carbonyl (C=O) groups is 1. The number of nitriles is 1. The Morgan fingerprint density at radius 1 is 1.40 bits per heavy atom. The Morgan fingerprint density at radius 2 is 2.20 bits per heavy atom. The van der Waals surface area contributed by atoms with E-state index in [0.29, 0.717) is 24.2 Å². The molecule has 1 N–H and O–H groups in total. The molecule has 0 saturated carbocycles. The largest absolute Gasteiger partial charge is 0.444 e. The first kappa shape index (κ1) is 17.0. The molecule has 1 aromatic carbocycles. The molecule has 1 unspecified atom stereocenters. The topological polar surface area (TPSA) is 78.2 Å². The second kappa shape index (κ2) is 6.60. The number of hydrogen-bond donors (Lipinski definition) is 1. The van der Waals surface area contributed by atoms with Crippen molar-refractivity contribution in [3.05, 3.63) is 36.0 Å². The molecule has 2 aromatic rings. The van der Waals surface area contributed by atoms with Gasteiger partial charge in [-0.25, -0.2) is 4.79 Å². The second-order valence-electron chi connectivity index (χ2n) is 7.23. The van der Waals surface area contributed by atoms with E-state index in [4.69, 9.17) is 4.74 Å². The van der Waals surface area contributed by atoms with Gasteiger partial charge in [-0.2, -0.15) is 5.26 Å². The molecule has 1 aliphatic rings. The number of nitrogens with one attached hydrogen (secondary N) is 1. The Kier molecular flexibility index (Phi) is 4.49. The minimum atomic E-state index is -0.488. The number of nitrogens with zero attached hydrogens (tertiary/aromatic N) is 3. The van der Waals surface area contributed by atoms with Crippen LogP contribution >= 0.6 is 0 Å². The van der Waals surface area contributed by atoms with Crippen molar-refractivity contribution in [2.75, 3.05) is 18.4 Å². The van der Waals surface area contributed by atoms with Crippen molar-refractivity contribution in [3.8, 4) is 6.07 Å². The molecule has 3 rings (SSSR count). The Bertz CT molecular complexity index is 835. The van der Waals surface area contributed by atoms with Gasteiger partial charge in [0.2, 0.25) is 0 Å². The van der Waals surface area contributed by atoms with Gasteiger partial charge in [0.1, 0.15) is 11.7 Å².